The third-order valence-corrected chi connectivity index (χ3v) is 2.34. The van der Waals surface area contributed by atoms with E-state index in [2.05, 4.69) is 0 Å². The molecular formula is C13H17FO4. The maximum atomic E-state index is 13.1. The maximum Gasteiger partial charge on any atom is 0.347 e. The van der Waals surface area contributed by atoms with Crippen LogP contribution < -0.4 is 4.74 Å². The molecule has 0 bridgehead atoms. The first-order valence-electron chi connectivity index (χ1n) is 5.76. The summed E-state index contributed by atoms with van der Waals surface area (Å²) in [6.45, 7) is 4.99. The Labute approximate surface area is 105 Å². The Hall–Kier alpha value is -1.62. The number of hydrogen-bond acceptors (Lipinski definition) is 4. The molecule has 0 aliphatic carbocycles. The van der Waals surface area contributed by atoms with Crippen LogP contribution in [0.4, 0.5) is 4.39 Å². The van der Waals surface area contributed by atoms with Gasteiger partial charge in [-0.15, -0.1) is 0 Å². The summed E-state index contributed by atoms with van der Waals surface area (Å²) < 4.78 is 23.2. The van der Waals surface area contributed by atoms with Gasteiger partial charge in [0.2, 0.25) is 0 Å². The summed E-state index contributed by atoms with van der Waals surface area (Å²) in [5.74, 6) is -0.702. The lowest BCUT2D eigenvalue weighted by Crippen LogP contribution is -2.26. The number of carbonyl (C=O) groups excluding carboxylic acids is 1. The molecule has 0 radical (unpaired) electrons. The summed E-state index contributed by atoms with van der Waals surface area (Å²) in [4.78, 5) is 11.4. The maximum absolute atomic E-state index is 13.1. The second kappa shape index (κ2) is 6.35. The molecule has 0 aromatic heterocycles. The van der Waals surface area contributed by atoms with E-state index in [4.69, 9.17) is 9.47 Å². The van der Waals surface area contributed by atoms with Crippen molar-refractivity contribution in [1.29, 1.82) is 0 Å². The lowest BCUT2D eigenvalue weighted by atomic mass is 10.1. The highest BCUT2D eigenvalue weighted by atomic mass is 19.1. The Balaban J connectivity index is 2.87. The number of esters is 1. The van der Waals surface area contributed by atoms with Crippen molar-refractivity contribution in [2.75, 3.05) is 6.61 Å². The number of benzene rings is 1. The molecule has 0 heterocycles. The van der Waals surface area contributed by atoms with Gasteiger partial charge < -0.3 is 14.6 Å². The number of carbonyl (C=O) groups is 1. The molecule has 0 fully saturated rings. The van der Waals surface area contributed by atoms with Crippen LogP contribution in [-0.4, -0.2) is 23.8 Å². The number of aliphatic hydroxyl groups is 1. The van der Waals surface area contributed by atoms with Crippen molar-refractivity contribution in [3.8, 4) is 5.75 Å². The first-order chi connectivity index (χ1) is 8.45. The molecule has 1 rings (SSSR count). The van der Waals surface area contributed by atoms with Gasteiger partial charge in [-0.3, -0.25) is 0 Å². The van der Waals surface area contributed by atoms with Crippen molar-refractivity contribution in [3.05, 3.63) is 29.6 Å². The van der Waals surface area contributed by atoms with Gasteiger partial charge in [-0.2, -0.15) is 0 Å². The van der Waals surface area contributed by atoms with Gasteiger partial charge >= 0.3 is 5.97 Å². The van der Waals surface area contributed by atoms with Crippen LogP contribution in [0.1, 0.15) is 32.4 Å². The molecule has 0 spiro atoms. The van der Waals surface area contributed by atoms with E-state index < -0.39 is 24.0 Å². The van der Waals surface area contributed by atoms with Crippen molar-refractivity contribution in [2.45, 2.75) is 33.0 Å². The van der Waals surface area contributed by atoms with Gasteiger partial charge in [-0.25, -0.2) is 9.18 Å². The van der Waals surface area contributed by atoms with Gasteiger partial charge in [-0.1, -0.05) is 0 Å². The van der Waals surface area contributed by atoms with Gasteiger partial charge in [0.25, 0.3) is 0 Å². The summed E-state index contributed by atoms with van der Waals surface area (Å²) in [6, 6.07) is 3.77. The van der Waals surface area contributed by atoms with E-state index in [1.807, 2.05) is 0 Å². The Bertz CT molecular complexity index is 417. The zero-order chi connectivity index (χ0) is 13.7. The second-order valence-electron chi connectivity index (χ2n) is 3.87. The monoisotopic (exact) mass is 256 g/mol. The highest BCUT2D eigenvalue weighted by Crippen LogP contribution is 2.26. The molecule has 18 heavy (non-hydrogen) atoms. The minimum atomic E-state index is -0.884. The van der Waals surface area contributed by atoms with Crippen LogP contribution in [0.3, 0.4) is 0 Å². The highest BCUT2D eigenvalue weighted by molar-refractivity contribution is 5.74. The first kappa shape index (κ1) is 14.4. The molecule has 4 nitrogen and oxygen atoms in total. The molecule has 1 unspecified atom stereocenters. The molecule has 0 amide bonds. The zero-order valence-corrected chi connectivity index (χ0v) is 10.6. The minimum absolute atomic E-state index is 0.263. The Kier molecular flexibility index (Phi) is 5.09. The molecule has 100 valence electrons. The predicted octanol–water partition coefficient (Wildman–Crippen LogP) is 2.21. The quantitative estimate of drug-likeness (QED) is 0.821. The SMILES string of the molecule is CCOC(=O)C(C)Oc1ccc(F)cc1[C@@H](C)O. The van der Waals surface area contributed by atoms with E-state index in [0.717, 1.165) is 0 Å². The van der Waals surface area contributed by atoms with E-state index in [-0.39, 0.29) is 12.4 Å². The van der Waals surface area contributed by atoms with E-state index in [0.29, 0.717) is 5.56 Å². The van der Waals surface area contributed by atoms with Crippen LogP contribution in [0.15, 0.2) is 18.2 Å². The van der Waals surface area contributed by atoms with Crippen LogP contribution in [0.5, 0.6) is 5.75 Å². The minimum Gasteiger partial charge on any atom is -0.479 e. The van der Waals surface area contributed by atoms with Gasteiger partial charge in [-0.05, 0) is 39.0 Å². The number of halogens is 1. The number of aliphatic hydroxyl groups excluding tert-OH is 1. The Morgan fingerprint density at radius 2 is 2.11 bits per heavy atom. The molecule has 0 aliphatic rings. The largest absolute Gasteiger partial charge is 0.479 e. The van der Waals surface area contributed by atoms with Gasteiger partial charge in [0, 0.05) is 5.56 Å². The van der Waals surface area contributed by atoms with Crippen molar-refractivity contribution in [1.82, 2.24) is 0 Å². The van der Waals surface area contributed by atoms with E-state index in [1.54, 1.807) is 6.92 Å². The van der Waals surface area contributed by atoms with Crippen LogP contribution >= 0.6 is 0 Å². The Morgan fingerprint density at radius 1 is 1.44 bits per heavy atom. The third kappa shape index (κ3) is 3.70. The standard InChI is InChI=1S/C13H17FO4/c1-4-17-13(16)9(3)18-12-6-5-10(14)7-11(12)8(2)15/h5-9,15H,4H2,1-3H3/t8-,9?/m1/s1. The third-order valence-electron chi connectivity index (χ3n) is 2.34. The number of hydrogen-bond donors (Lipinski definition) is 1. The fourth-order valence-electron chi connectivity index (χ4n) is 1.45. The highest BCUT2D eigenvalue weighted by Gasteiger charge is 2.19. The van der Waals surface area contributed by atoms with Crippen LogP contribution in [0.2, 0.25) is 0 Å². The molecule has 0 aliphatic heterocycles. The summed E-state index contributed by atoms with van der Waals surface area (Å²) in [7, 11) is 0. The van der Waals surface area contributed by atoms with Crippen LogP contribution in [-0.2, 0) is 9.53 Å². The summed E-state index contributed by atoms with van der Waals surface area (Å²) in [6.07, 6.45) is -1.70. The van der Waals surface area contributed by atoms with Crippen LogP contribution in [0.25, 0.3) is 0 Å². The fraction of sp³-hybridized carbons (Fsp3) is 0.462. The molecule has 1 N–H and O–H groups in total. The lowest BCUT2D eigenvalue weighted by molar-refractivity contribution is -0.150. The van der Waals surface area contributed by atoms with Crippen molar-refractivity contribution >= 4 is 5.97 Å². The molecule has 0 saturated heterocycles. The molecule has 1 aromatic carbocycles. The molecule has 1 aromatic rings. The van der Waals surface area contributed by atoms with Crippen molar-refractivity contribution in [2.24, 2.45) is 0 Å². The summed E-state index contributed by atoms with van der Waals surface area (Å²) >= 11 is 0. The fourth-order valence-corrected chi connectivity index (χ4v) is 1.45. The van der Waals surface area contributed by atoms with Crippen molar-refractivity contribution < 1.29 is 23.8 Å². The van der Waals surface area contributed by atoms with Gasteiger partial charge in [0.15, 0.2) is 6.10 Å². The Morgan fingerprint density at radius 3 is 2.67 bits per heavy atom. The number of rotatable bonds is 5. The van der Waals surface area contributed by atoms with Crippen LogP contribution in [0, 0.1) is 5.82 Å². The van der Waals surface area contributed by atoms with E-state index in [1.165, 1.54) is 32.0 Å². The average Bonchev–Trinajstić information content (AvgIpc) is 2.31. The van der Waals surface area contributed by atoms with E-state index in [9.17, 15) is 14.3 Å². The zero-order valence-electron chi connectivity index (χ0n) is 10.6. The van der Waals surface area contributed by atoms with Gasteiger partial charge in [0.05, 0.1) is 12.7 Å². The second-order valence-corrected chi connectivity index (χ2v) is 3.87. The smallest absolute Gasteiger partial charge is 0.347 e. The molecule has 2 atom stereocenters. The van der Waals surface area contributed by atoms with E-state index >= 15 is 0 Å². The van der Waals surface area contributed by atoms with Gasteiger partial charge in [0.1, 0.15) is 11.6 Å². The molecule has 5 heteroatoms. The average molecular weight is 256 g/mol. The normalized spacial score (nSPS) is 13.8. The summed E-state index contributed by atoms with van der Waals surface area (Å²) in [5, 5.41) is 9.52. The lowest BCUT2D eigenvalue weighted by Gasteiger charge is -2.17. The topological polar surface area (TPSA) is 55.8 Å². The molecule has 0 saturated carbocycles. The molecular weight excluding hydrogens is 239 g/mol. The van der Waals surface area contributed by atoms with Crippen molar-refractivity contribution in [3.63, 3.8) is 0 Å². The summed E-state index contributed by atoms with van der Waals surface area (Å²) in [5.41, 5.74) is 0.297. The first-order valence-corrected chi connectivity index (χ1v) is 5.76. The predicted molar refractivity (Wildman–Crippen MR) is 63.8 cm³/mol. The number of ether oxygens (including phenoxy) is 2.